The number of hydrogen-bond donors (Lipinski definition) is 1. The van der Waals surface area contributed by atoms with Crippen LogP contribution in [-0.2, 0) is 17.6 Å². The fourth-order valence-corrected chi connectivity index (χ4v) is 6.37. The number of nitrogens with one attached hydrogen (secondary N) is 1. The number of piperidine rings is 1. The third kappa shape index (κ3) is 3.52. The Hall–Kier alpha value is -2.86. The number of benzene rings is 2. The Bertz CT molecular complexity index is 1180. The number of anilines is 1. The zero-order valence-corrected chi connectivity index (χ0v) is 19.5. The number of fused-ring (bicyclic) bond motifs is 5. The van der Waals surface area contributed by atoms with Crippen LogP contribution in [0.2, 0.25) is 0 Å². The molecule has 6 nitrogen and oxygen atoms in total. The van der Waals surface area contributed by atoms with Crippen molar-refractivity contribution < 1.29 is 9.53 Å². The summed E-state index contributed by atoms with van der Waals surface area (Å²) in [5.41, 5.74) is 5.69. The number of carbonyl (C=O) groups excluding carboxylic acids is 1. The highest BCUT2D eigenvalue weighted by Crippen LogP contribution is 2.41. The molecule has 33 heavy (non-hydrogen) atoms. The normalized spacial score (nSPS) is 26.4. The molecule has 0 radical (unpaired) electrons. The van der Waals surface area contributed by atoms with Gasteiger partial charge in [-0.3, -0.25) is 4.90 Å². The molecule has 0 saturated carbocycles. The number of rotatable bonds is 3. The molecule has 2 aromatic carbocycles. The van der Waals surface area contributed by atoms with Gasteiger partial charge in [0, 0.05) is 36.2 Å². The van der Waals surface area contributed by atoms with Crippen LogP contribution in [0.15, 0.2) is 42.5 Å². The topological polar surface area (TPSA) is 59.4 Å². The average Bonchev–Trinajstić information content (AvgIpc) is 3.37. The molecule has 3 aliphatic heterocycles. The monoisotopic (exact) mass is 444 g/mol. The molecule has 1 amide bonds. The lowest BCUT2D eigenvalue weighted by atomic mass is 9.95. The summed E-state index contributed by atoms with van der Waals surface area (Å²) in [6.07, 6.45) is 7.26. The van der Waals surface area contributed by atoms with E-state index in [1.807, 2.05) is 0 Å². The van der Waals surface area contributed by atoms with Crippen LogP contribution in [-0.4, -0.2) is 40.9 Å². The number of ether oxygens (including phenoxy) is 1. The van der Waals surface area contributed by atoms with E-state index in [-0.39, 0.29) is 12.1 Å². The Morgan fingerprint density at radius 3 is 2.58 bits per heavy atom. The molecule has 6 heteroatoms. The summed E-state index contributed by atoms with van der Waals surface area (Å²) in [6, 6.07) is 16.8. The molecule has 2 bridgehead atoms. The first-order valence-corrected chi connectivity index (χ1v) is 12.3. The van der Waals surface area contributed by atoms with E-state index in [2.05, 4.69) is 59.3 Å². The highest BCUT2D eigenvalue weighted by molar-refractivity contribution is 5.95. The van der Waals surface area contributed by atoms with Gasteiger partial charge in [0.1, 0.15) is 5.82 Å². The molecular formula is C27H32N4O2. The van der Waals surface area contributed by atoms with Crippen molar-refractivity contribution in [2.75, 3.05) is 12.0 Å². The van der Waals surface area contributed by atoms with Gasteiger partial charge in [-0.2, -0.15) is 0 Å². The van der Waals surface area contributed by atoms with Crippen molar-refractivity contribution in [2.45, 2.75) is 76.0 Å². The van der Waals surface area contributed by atoms with Gasteiger partial charge in [0.05, 0.1) is 23.8 Å². The molecular weight excluding hydrogens is 412 g/mol. The molecule has 3 aromatic rings. The number of aryl methyl sites for hydroxylation is 1. The minimum atomic E-state index is -0.290. The fourth-order valence-electron chi connectivity index (χ4n) is 6.37. The second-order valence-corrected chi connectivity index (χ2v) is 9.98. The predicted octanol–water partition coefficient (Wildman–Crippen LogP) is 4.99. The van der Waals surface area contributed by atoms with E-state index in [0.717, 1.165) is 49.1 Å². The van der Waals surface area contributed by atoms with Gasteiger partial charge >= 0.3 is 6.09 Å². The van der Waals surface area contributed by atoms with Gasteiger partial charge in [-0.15, -0.1) is 0 Å². The molecule has 0 aliphatic carbocycles. The lowest BCUT2D eigenvalue weighted by Gasteiger charge is -2.34. The van der Waals surface area contributed by atoms with Gasteiger partial charge in [0.25, 0.3) is 0 Å². The quantitative estimate of drug-likeness (QED) is 0.618. The number of imidazole rings is 1. The highest BCUT2D eigenvalue weighted by atomic mass is 16.5. The van der Waals surface area contributed by atoms with Crippen LogP contribution in [0.5, 0.6) is 0 Å². The number of carbonyl (C=O) groups is 1. The number of hydrogen-bond acceptors (Lipinski definition) is 4. The fraction of sp³-hybridized carbons (Fsp3) is 0.481. The van der Waals surface area contributed by atoms with Crippen molar-refractivity contribution in [2.24, 2.45) is 0 Å². The summed E-state index contributed by atoms with van der Waals surface area (Å²) in [5, 5.41) is 3.79. The minimum absolute atomic E-state index is 0.119. The van der Waals surface area contributed by atoms with E-state index >= 15 is 0 Å². The first-order valence-electron chi connectivity index (χ1n) is 12.3. The van der Waals surface area contributed by atoms with E-state index in [1.54, 1.807) is 4.90 Å². The van der Waals surface area contributed by atoms with Crippen LogP contribution in [0, 0.1) is 0 Å². The van der Waals surface area contributed by atoms with E-state index in [9.17, 15) is 4.79 Å². The second kappa shape index (κ2) is 8.17. The second-order valence-electron chi connectivity index (χ2n) is 9.98. The third-order valence-corrected chi connectivity index (χ3v) is 7.92. The van der Waals surface area contributed by atoms with Gasteiger partial charge in [0.2, 0.25) is 0 Å². The zero-order valence-electron chi connectivity index (χ0n) is 19.5. The molecule has 1 N–H and O–H groups in total. The van der Waals surface area contributed by atoms with Crippen molar-refractivity contribution in [1.29, 1.82) is 0 Å². The molecule has 1 aromatic heterocycles. The maximum absolute atomic E-state index is 12.6. The summed E-state index contributed by atoms with van der Waals surface area (Å²) in [7, 11) is 1.46. The Morgan fingerprint density at radius 2 is 1.85 bits per heavy atom. The standard InChI is InChI=1S/C27H32N4O2/c1-17-8-11-22-23(30(17)27(32)33-2)12-13-24-26(22)29-25(14-18-6-4-3-5-7-18)31(24)21-15-19-9-10-20(16-21)28-19/h3-7,12-13,17,19-21,28H,8-11,14-16H2,1-2H3/t17-,19?,20?,21?/m0/s1. The number of aromatic nitrogens is 2. The maximum atomic E-state index is 12.6. The number of nitrogens with zero attached hydrogens (tertiary/aromatic N) is 3. The first-order chi connectivity index (χ1) is 16.1. The Balaban J connectivity index is 1.50. The molecule has 0 spiro atoms. The van der Waals surface area contributed by atoms with E-state index < -0.39 is 0 Å². The third-order valence-electron chi connectivity index (χ3n) is 7.92. The Labute approximate surface area is 194 Å². The molecule has 2 unspecified atom stereocenters. The van der Waals surface area contributed by atoms with Gasteiger partial charge in [-0.05, 0) is 63.1 Å². The van der Waals surface area contributed by atoms with Crippen LogP contribution in [0.1, 0.15) is 62.0 Å². The van der Waals surface area contributed by atoms with Gasteiger partial charge in [0.15, 0.2) is 0 Å². The molecule has 6 rings (SSSR count). The molecule has 2 fully saturated rings. The minimum Gasteiger partial charge on any atom is -0.452 e. The molecule has 3 aliphatic rings. The number of amides is 1. The van der Waals surface area contributed by atoms with Crippen LogP contribution in [0.4, 0.5) is 10.5 Å². The van der Waals surface area contributed by atoms with E-state index in [0.29, 0.717) is 18.1 Å². The van der Waals surface area contributed by atoms with Crippen LogP contribution in [0.3, 0.4) is 0 Å². The van der Waals surface area contributed by atoms with E-state index in [4.69, 9.17) is 9.72 Å². The number of methoxy groups -OCH3 is 1. The maximum Gasteiger partial charge on any atom is 0.414 e. The largest absolute Gasteiger partial charge is 0.452 e. The predicted molar refractivity (Wildman–Crippen MR) is 130 cm³/mol. The van der Waals surface area contributed by atoms with Crippen molar-refractivity contribution >= 4 is 22.8 Å². The molecule has 172 valence electrons. The van der Waals surface area contributed by atoms with Crippen LogP contribution in [0.25, 0.3) is 11.0 Å². The van der Waals surface area contributed by atoms with Crippen molar-refractivity contribution in [3.63, 3.8) is 0 Å². The molecule has 3 atom stereocenters. The summed E-state index contributed by atoms with van der Waals surface area (Å²) in [4.78, 5) is 19.7. The lowest BCUT2D eigenvalue weighted by molar-refractivity contribution is 0.175. The first kappa shape index (κ1) is 20.7. The van der Waals surface area contributed by atoms with Crippen LogP contribution >= 0.6 is 0 Å². The molecule has 4 heterocycles. The van der Waals surface area contributed by atoms with Gasteiger partial charge < -0.3 is 14.6 Å². The SMILES string of the molecule is COC(=O)N1c2ccc3c(nc(Cc4ccccc4)n3C3CC4CCC(C3)N4)c2CC[C@@H]1C. The van der Waals surface area contributed by atoms with Crippen molar-refractivity contribution in [1.82, 2.24) is 14.9 Å². The van der Waals surface area contributed by atoms with Crippen LogP contribution < -0.4 is 10.2 Å². The van der Waals surface area contributed by atoms with E-state index in [1.165, 1.54) is 36.6 Å². The van der Waals surface area contributed by atoms with Crippen molar-refractivity contribution in [3.8, 4) is 0 Å². The average molecular weight is 445 g/mol. The Morgan fingerprint density at radius 1 is 1.09 bits per heavy atom. The smallest absolute Gasteiger partial charge is 0.414 e. The summed E-state index contributed by atoms with van der Waals surface area (Å²) in [5.74, 6) is 1.14. The van der Waals surface area contributed by atoms with Crippen molar-refractivity contribution in [3.05, 3.63) is 59.4 Å². The summed E-state index contributed by atoms with van der Waals surface area (Å²) < 4.78 is 7.65. The highest BCUT2D eigenvalue weighted by Gasteiger charge is 2.37. The summed E-state index contributed by atoms with van der Waals surface area (Å²) in [6.45, 7) is 2.09. The lowest BCUT2D eigenvalue weighted by Crippen LogP contribution is -2.42. The Kier molecular flexibility index (Phi) is 5.13. The zero-order chi connectivity index (χ0) is 22.5. The molecule has 2 saturated heterocycles. The summed E-state index contributed by atoms with van der Waals surface area (Å²) >= 11 is 0. The van der Waals surface area contributed by atoms with Gasteiger partial charge in [-0.25, -0.2) is 9.78 Å². The van der Waals surface area contributed by atoms with Gasteiger partial charge in [-0.1, -0.05) is 30.3 Å².